The predicted molar refractivity (Wildman–Crippen MR) is 115 cm³/mol. The third-order valence-corrected chi connectivity index (χ3v) is 6.10. The third-order valence-electron chi connectivity index (χ3n) is 5.11. The molecule has 2 aliphatic rings. The lowest BCUT2D eigenvalue weighted by Crippen LogP contribution is -2.33. The van der Waals surface area contributed by atoms with Crippen molar-refractivity contribution in [2.24, 2.45) is 5.10 Å². The summed E-state index contributed by atoms with van der Waals surface area (Å²) in [6.45, 7) is 0. The zero-order valence-corrected chi connectivity index (χ0v) is 17.9. The summed E-state index contributed by atoms with van der Waals surface area (Å²) in [5.74, 6) is 1.01. The molecule has 1 N–H and O–H groups in total. The summed E-state index contributed by atoms with van der Waals surface area (Å²) >= 11 is 7.07. The van der Waals surface area contributed by atoms with Crippen LogP contribution in [0.5, 0.6) is 11.5 Å². The number of fused-ring (bicyclic) bond motifs is 3. The van der Waals surface area contributed by atoms with Gasteiger partial charge in [-0.1, -0.05) is 62.2 Å². The summed E-state index contributed by atoms with van der Waals surface area (Å²) in [5, 5.41) is 17.4. The van der Waals surface area contributed by atoms with Gasteiger partial charge in [0.05, 0.1) is 17.3 Å². The molecule has 3 aromatic rings. The smallest absolute Gasteiger partial charge is 0.217 e. The van der Waals surface area contributed by atoms with Crippen LogP contribution in [0, 0.1) is 0 Å². The molecule has 0 aromatic heterocycles. The summed E-state index contributed by atoms with van der Waals surface area (Å²) in [7, 11) is 0. The molecule has 2 atom stereocenters. The van der Waals surface area contributed by atoms with E-state index in [0.717, 1.165) is 38.0 Å². The van der Waals surface area contributed by atoms with E-state index in [1.807, 2.05) is 47.5 Å². The van der Waals surface area contributed by atoms with E-state index in [0.29, 0.717) is 5.56 Å². The zero-order valence-electron chi connectivity index (χ0n) is 14.7. The van der Waals surface area contributed by atoms with E-state index in [4.69, 9.17) is 9.84 Å². The first-order valence-electron chi connectivity index (χ1n) is 8.96. The van der Waals surface area contributed by atoms with E-state index in [1.165, 1.54) is 0 Å². The number of hydrazone groups is 1. The highest BCUT2D eigenvalue weighted by Crippen LogP contribution is 2.49. The highest BCUT2D eigenvalue weighted by atomic mass is 79.9. The number of nitrogens with zero attached hydrogens (tertiary/aromatic N) is 2. The van der Waals surface area contributed by atoms with Crippen LogP contribution in [0.25, 0.3) is 0 Å². The number of hydrogen-bond donors (Lipinski definition) is 1. The van der Waals surface area contributed by atoms with Crippen LogP contribution >= 0.6 is 31.9 Å². The summed E-state index contributed by atoms with van der Waals surface area (Å²) in [5.41, 5.74) is 3.90. The maximum atomic E-state index is 10.5. The van der Waals surface area contributed by atoms with Gasteiger partial charge in [0.1, 0.15) is 11.5 Å². The molecular weight excluding hydrogens is 484 g/mol. The first-order valence-corrected chi connectivity index (χ1v) is 10.5. The van der Waals surface area contributed by atoms with Gasteiger partial charge in [-0.3, -0.25) is 0 Å². The minimum Gasteiger partial charge on any atom is -0.507 e. The van der Waals surface area contributed by atoms with Gasteiger partial charge in [0.15, 0.2) is 0 Å². The molecule has 5 rings (SSSR count). The van der Waals surface area contributed by atoms with E-state index >= 15 is 0 Å². The average Bonchev–Trinajstić information content (AvgIpc) is 3.16. The van der Waals surface area contributed by atoms with Gasteiger partial charge < -0.3 is 9.84 Å². The first-order chi connectivity index (χ1) is 13.6. The summed E-state index contributed by atoms with van der Waals surface area (Å²) in [4.78, 5) is 0. The van der Waals surface area contributed by atoms with Gasteiger partial charge in [0.25, 0.3) is 0 Å². The van der Waals surface area contributed by atoms with Gasteiger partial charge in [0.2, 0.25) is 6.23 Å². The second-order valence-corrected chi connectivity index (χ2v) is 8.70. The van der Waals surface area contributed by atoms with E-state index in [1.54, 1.807) is 6.07 Å². The van der Waals surface area contributed by atoms with Crippen molar-refractivity contribution in [2.45, 2.75) is 18.7 Å². The molecule has 0 fully saturated rings. The number of ether oxygens (including phenoxy) is 1. The third kappa shape index (κ3) is 3.01. The number of aromatic hydroxyl groups is 1. The molecule has 140 valence electrons. The first kappa shape index (κ1) is 17.8. The monoisotopic (exact) mass is 498 g/mol. The van der Waals surface area contributed by atoms with Crippen LogP contribution in [0.1, 0.15) is 35.4 Å². The molecule has 0 aliphatic carbocycles. The van der Waals surface area contributed by atoms with Crippen molar-refractivity contribution in [1.29, 1.82) is 0 Å². The molecule has 4 nitrogen and oxygen atoms in total. The fourth-order valence-electron chi connectivity index (χ4n) is 3.79. The van der Waals surface area contributed by atoms with E-state index in [-0.39, 0.29) is 11.8 Å². The van der Waals surface area contributed by atoms with Crippen molar-refractivity contribution >= 4 is 37.6 Å². The average molecular weight is 500 g/mol. The Bertz CT molecular complexity index is 1090. The highest BCUT2D eigenvalue weighted by molar-refractivity contribution is 9.10. The Labute approximate surface area is 179 Å². The van der Waals surface area contributed by atoms with E-state index in [9.17, 15) is 5.11 Å². The van der Waals surface area contributed by atoms with Gasteiger partial charge in [-0.05, 0) is 42.0 Å². The van der Waals surface area contributed by atoms with Crippen LogP contribution in [0.2, 0.25) is 0 Å². The fourth-order valence-corrected chi connectivity index (χ4v) is 4.55. The molecule has 2 aliphatic heterocycles. The highest BCUT2D eigenvalue weighted by Gasteiger charge is 2.42. The quantitative estimate of drug-likeness (QED) is 0.459. The van der Waals surface area contributed by atoms with Crippen LogP contribution in [-0.4, -0.2) is 15.8 Å². The molecule has 0 saturated heterocycles. The molecule has 28 heavy (non-hydrogen) atoms. The minimum atomic E-state index is -0.502. The number of benzene rings is 3. The van der Waals surface area contributed by atoms with E-state index < -0.39 is 6.23 Å². The Morgan fingerprint density at radius 2 is 1.64 bits per heavy atom. The molecular formula is C22H16Br2N2O2. The van der Waals surface area contributed by atoms with Crippen molar-refractivity contribution < 1.29 is 9.84 Å². The van der Waals surface area contributed by atoms with Gasteiger partial charge in [-0.15, -0.1) is 0 Å². The Hall–Kier alpha value is -2.31. The van der Waals surface area contributed by atoms with Crippen LogP contribution in [0.4, 0.5) is 0 Å². The Balaban J connectivity index is 1.64. The van der Waals surface area contributed by atoms with Crippen LogP contribution in [0.3, 0.4) is 0 Å². The zero-order chi connectivity index (χ0) is 19.3. The molecule has 3 aromatic carbocycles. The molecule has 0 spiro atoms. The van der Waals surface area contributed by atoms with Crippen LogP contribution in [-0.2, 0) is 0 Å². The standard InChI is InChI=1S/C22H16Br2N2O2/c23-14-6-8-20(27)17(11-14)22-26-19(16-10-15(24)7-9-21(16)28-22)12-18(25-26)13-4-2-1-3-5-13/h1-11,19,22,27H,12H2/t19-,22-/m0/s1. The lowest BCUT2D eigenvalue weighted by molar-refractivity contribution is -0.0204. The molecule has 6 heteroatoms. The van der Waals surface area contributed by atoms with E-state index in [2.05, 4.69) is 50.1 Å². The maximum Gasteiger partial charge on any atom is 0.217 e. The summed E-state index contributed by atoms with van der Waals surface area (Å²) in [6, 6.07) is 21.6. The molecule has 0 amide bonds. The van der Waals surface area contributed by atoms with Crippen LogP contribution in [0.15, 0.2) is 80.8 Å². The minimum absolute atomic E-state index is 0.0415. The van der Waals surface area contributed by atoms with Gasteiger partial charge in [-0.2, -0.15) is 5.10 Å². The summed E-state index contributed by atoms with van der Waals surface area (Å²) < 4.78 is 8.21. The van der Waals surface area contributed by atoms with Crippen molar-refractivity contribution in [2.75, 3.05) is 0 Å². The van der Waals surface area contributed by atoms with Gasteiger partial charge in [0, 0.05) is 20.9 Å². The number of phenols is 1. The molecule has 2 heterocycles. The Kier molecular flexibility index (Phi) is 4.40. The van der Waals surface area contributed by atoms with Crippen molar-refractivity contribution in [3.05, 3.63) is 92.4 Å². The number of hydrogen-bond acceptors (Lipinski definition) is 4. The second-order valence-electron chi connectivity index (χ2n) is 6.87. The molecule has 0 saturated carbocycles. The fraction of sp³-hybridized carbons (Fsp3) is 0.136. The molecule has 0 bridgehead atoms. The summed E-state index contributed by atoms with van der Waals surface area (Å²) in [6.07, 6.45) is 0.277. The lowest BCUT2D eigenvalue weighted by Gasteiger charge is -2.38. The lowest BCUT2D eigenvalue weighted by atomic mass is 9.96. The largest absolute Gasteiger partial charge is 0.507 e. The van der Waals surface area contributed by atoms with Gasteiger partial charge >= 0.3 is 0 Å². The molecule has 0 unspecified atom stereocenters. The number of phenolic OH excluding ortho intramolecular Hbond substituents is 1. The maximum absolute atomic E-state index is 10.5. The number of halogens is 2. The topological polar surface area (TPSA) is 45.1 Å². The Morgan fingerprint density at radius 3 is 2.43 bits per heavy atom. The van der Waals surface area contributed by atoms with Crippen molar-refractivity contribution in [3.63, 3.8) is 0 Å². The second kappa shape index (κ2) is 6.94. The normalized spacial score (nSPS) is 20.2. The number of rotatable bonds is 2. The van der Waals surface area contributed by atoms with Gasteiger partial charge in [-0.25, -0.2) is 5.01 Å². The SMILES string of the molecule is Oc1ccc(Br)cc1[C@@H]1Oc2ccc(Br)cc2[C@@H]2CC(c3ccccc3)=NN21. The van der Waals surface area contributed by atoms with Crippen molar-refractivity contribution in [1.82, 2.24) is 5.01 Å². The van der Waals surface area contributed by atoms with Crippen molar-refractivity contribution in [3.8, 4) is 11.5 Å². The predicted octanol–water partition coefficient (Wildman–Crippen LogP) is 6.16. The van der Waals surface area contributed by atoms with Crippen LogP contribution < -0.4 is 4.74 Å². The Morgan fingerprint density at radius 1 is 0.929 bits per heavy atom. The molecule has 0 radical (unpaired) electrons.